The molecular weight excluding hydrogens is 220 g/mol. The summed E-state index contributed by atoms with van der Waals surface area (Å²) >= 11 is 1.55. The zero-order valence-corrected chi connectivity index (χ0v) is 9.16. The molecule has 3 aromatic rings. The van der Waals surface area contributed by atoms with Crippen molar-refractivity contribution in [3.05, 3.63) is 58.3 Å². The number of benzene rings is 1. The molecule has 0 aliphatic rings. The van der Waals surface area contributed by atoms with Crippen molar-refractivity contribution in [1.29, 1.82) is 0 Å². The van der Waals surface area contributed by atoms with E-state index in [0.29, 0.717) is 11.1 Å². The molecule has 3 heteroatoms. The molecule has 16 heavy (non-hydrogen) atoms. The number of rotatable bonds is 1. The van der Waals surface area contributed by atoms with Gasteiger partial charge in [-0.2, -0.15) is 0 Å². The van der Waals surface area contributed by atoms with Crippen LogP contribution in [0.3, 0.4) is 0 Å². The molecule has 0 N–H and O–H groups in total. The molecule has 0 aliphatic heterocycles. The van der Waals surface area contributed by atoms with Gasteiger partial charge in [-0.25, -0.2) is 4.79 Å². The van der Waals surface area contributed by atoms with E-state index in [-0.39, 0.29) is 5.63 Å². The maximum atomic E-state index is 11.7. The molecule has 2 heterocycles. The largest absolute Gasteiger partial charge is 0.422 e. The summed E-state index contributed by atoms with van der Waals surface area (Å²) in [5.74, 6) is 0.626. The highest BCUT2D eigenvalue weighted by molar-refractivity contribution is 7.17. The third-order valence-electron chi connectivity index (χ3n) is 2.44. The Hall–Kier alpha value is -1.87. The molecule has 0 radical (unpaired) electrons. The van der Waals surface area contributed by atoms with Crippen molar-refractivity contribution in [1.82, 2.24) is 0 Å². The Morgan fingerprint density at radius 1 is 1.06 bits per heavy atom. The molecule has 0 unspecified atom stereocenters. The van der Waals surface area contributed by atoms with Crippen LogP contribution in [0.15, 0.2) is 57.1 Å². The van der Waals surface area contributed by atoms with Gasteiger partial charge in [0.15, 0.2) is 0 Å². The predicted molar refractivity (Wildman–Crippen MR) is 65.8 cm³/mol. The Labute approximate surface area is 95.8 Å². The maximum absolute atomic E-state index is 11.7. The fourth-order valence-electron chi connectivity index (χ4n) is 1.65. The monoisotopic (exact) mass is 228 g/mol. The van der Waals surface area contributed by atoms with Gasteiger partial charge >= 0.3 is 5.63 Å². The second kappa shape index (κ2) is 3.61. The number of hydrogen-bond donors (Lipinski definition) is 0. The molecule has 0 aliphatic carbocycles. The van der Waals surface area contributed by atoms with Crippen LogP contribution in [-0.4, -0.2) is 0 Å². The van der Waals surface area contributed by atoms with Crippen molar-refractivity contribution in [3.63, 3.8) is 0 Å². The summed E-state index contributed by atoms with van der Waals surface area (Å²) in [5, 5.41) is 2.56. The normalized spacial score (nSPS) is 10.8. The minimum absolute atomic E-state index is 0.266. The van der Waals surface area contributed by atoms with Crippen molar-refractivity contribution in [3.8, 4) is 11.3 Å². The zero-order valence-electron chi connectivity index (χ0n) is 8.34. The number of thiophene rings is 1. The molecule has 1 aromatic carbocycles. The van der Waals surface area contributed by atoms with Gasteiger partial charge in [-0.3, -0.25) is 0 Å². The van der Waals surface area contributed by atoms with Crippen molar-refractivity contribution in [2.24, 2.45) is 0 Å². The van der Waals surface area contributed by atoms with Gasteiger partial charge in [0.1, 0.15) is 5.76 Å². The van der Waals surface area contributed by atoms with Gasteiger partial charge in [-0.1, -0.05) is 30.3 Å². The van der Waals surface area contributed by atoms with Crippen molar-refractivity contribution in [2.75, 3.05) is 0 Å². The fraction of sp³-hybridized carbons (Fsp3) is 0. The van der Waals surface area contributed by atoms with Crippen molar-refractivity contribution < 1.29 is 4.42 Å². The van der Waals surface area contributed by atoms with Crippen LogP contribution < -0.4 is 5.63 Å². The first-order valence-electron chi connectivity index (χ1n) is 4.91. The number of hydrogen-bond acceptors (Lipinski definition) is 3. The van der Waals surface area contributed by atoms with E-state index < -0.39 is 0 Å². The predicted octanol–water partition coefficient (Wildman–Crippen LogP) is 3.52. The Morgan fingerprint density at radius 2 is 1.88 bits per heavy atom. The molecule has 78 valence electrons. The van der Waals surface area contributed by atoms with Crippen LogP contribution in [0.2, 0.25) is 0 Å². The van der Waals surface area contributed by atoms with Crippen LogP contribution in [0.1, 0.15) is 0 Å². The molecule has 0 saturated heterocycles. The summed E-state index contributed by atoms with van der Waals surface area (Å²) in [4.78, 5) is 11.7. The van der Waals surface area contributed by atoms with Gasteiger partial charge in [-0.05, 0) is 17.5 Å². The van der Waals surface area contributed by atoms with Crippen LogP contribution in [-0.2, 0) is 0 Å². The lowest BCUT2D eigenvalue weighted by molar-refractivity contribution is 0.535. The van der Waals surface area contributed by atoms with E-state index in [1.807, 2.05) is 41.8 Å². The Morgan fingerprint density at radius 3 is 2.69 bits per heavy atom. The van der Waals surface area contributed by atoms with E-state index in [9.17, 15) is 4.79 Å². The Balaban J connectivity index is 2.30. The molecule has 2 aromatic heterocycles. The second-order valence-electron chi connectivity index (χ2n) is 3.46. The summed E-state index contributed by atoms with van der Waals surface area (Å²) in [6, 6.07) is 13.3. The van der Waals surface area contributed by atoms with Crippen molar-refractivity contribution >= 4 is 21.4 Å². The topological polar surface area (TPSA) is 30.2 Å². The third-order valence-corrected chi connectivity index (χ3v) is 3.30. The molecule has 0 fully saturated rings. The lowest BCUT2D eigenvalue weighted by Crippen LogP contribution is -1.97. The van der Waals surface area contributed by atoms with Gasteiger partial charge in [-0.15, -0.1) is 11.3 Å². The van der Waals surface area contributed by atoms with Gasteiger partial charge in [0, 0.05) is 10.3 Å². The highest BCUT2D eigenvalue weighted by Crippen LogP contribution is 2.24. The van der Waals surface area contributed by atoms with E-state index in [0.717, 1.165) is 10.3 Å². The quantitative estimate of drug-likeness (QED) is 0.638. The van der Waals surface area contributed by atoms with E-state index >= 15 is 0 Å². The fourth-order valence-corrected chi connectivity index (χ4v) is 2.45. The molecular formula is C13H8O2S. The lowest BCUT2D eigenvalue weighted by Gasteiger charge is -1.99. The van der Waals surface area contributed by atoms with Crippen LogP contribution in [0.5, 0.6) is 0 Å². The second-order valence-corrected chi connectivity index (χ2v) is 4.41. The first-order chi connectivity index (χ1) is 7.84. The standard InChI is InChI=1S/C13H8O2S/c14-13-10-6-7-16-12(10)8-11(15-13)9-4-2-1-3-5-9/h1-8H. The van der Waals surface area contributed by atoms with E-state index in [1.165, 1.54) is 0 Å². The smallest absolute Gasteiger partial charge is 0.345 e. The van der Waals surface area contributed by atoms with Gasteiger partial charge in [0.05, 0.1) is 5.39 Å². The molecule has 0 saturated carbocycles. The first-order valence-corrected chi connectivity index (χ1v) is 5.79. The number of fused-ring (bicyclic) bond motifs is 1. The SMILES string of the molecule is O=c1oc(-c2ccccc2)cc2sccc12. The van der Waals surface area contributed by atoms with Crippen LogP contribution in [0.25, 0.3) is 21.4 Å². The summed E-state index contributed by atoms with van der Waals surface area (Å²) < 4.78 is 6.25. The molecule has 0 spiro atoms. The molecule has 3 rings (SSSR count). The third kappa shape index (κ3) is 1.46. The Bertz CT molecular complexity index is 680. The van der Waals surface area contributed by atoms with Gasteiger partial charge in [0.25, 0.3) is 0 Å². The van der Waals surface area contributed by atoms with E-state index in [2.05, 4.69) is 0 Å². The molecule has 0 amide bonds. The summed E-state index contributed by atoms with van der Waals surface area (Å²) in [5.41, 5.74) is 0.660. The molecule has 2 nitrogen and oxygen atoms in total. The van der Waals surface area contributed by atoms with E-state index in [1.54, 1.807) is 17.4 Å². The zero-order chi connectivity index (χ0) is 11.0. The van der Waals surface area contributed by atoms with Gasteiger partial charge in [0.2, 0.25) is 0 Å². The average molecular weight is 228 g/mol. The minimum Gasteiger partial charge on any atom is -0.422 e. The lowest BCUT2D eigenvalue weighted by atomic mass is 10.1. The summed E-state index contributed by atoms with van der Waals surface area (Å²) in [6.45, 7) is 0. The Kier molecular flexibility index (Phi) is 2.11. The minimum atomic E-state index is -0.266. The first kappa shape index (κ1) is 9.36. The highest BCUT2D eigenvalue weighted by Gasteiger charge is 2.06. The average Bonchev–Trinajstić information content (AvgIpc) is 2.79. The van der Waals surface area contributed by atoms with Crippen LogP contribution in [0.4, 0.5) is 0 Å². The summed E-state index contributed by atoms with van der Waals surface area (Å²) in [6.07, 6.45) is 0. The van der Waals surface area contributed by atoms with Gasteiger partial charge < -0.3 is 4.42 Å². The maximum Gasteiger partial charge on any atom is 0.345 e. The van der Waals surface area contributed by atoms with Crippen molar-refractivity contribution in [2.45, 2.75) is 0 Å². The molecule has 0 bridgehead atoms. The van der Waals surface area contributed by atoms with Crippen LogP contribution >= 0.6 is 11.3 Å². The molecule has 0 atom stereocenters. The van der Waals surface area contributed by atoms with E-state index in [4.69, 9.17) is 4.42 Å². The van der Waals surface area contributed by atoms with Crippen LogP contribution in [0, 0.1) is 0 Å². The summed E-state index contributed by atoms with van der Waals surface area (Å²) in [7, 11) is 0. The highest BCUT2D eigenvalue weighted by atomic mass is 32.1.